The summed E-state index contributed by atoms with van der Waals surface area (Å²) in [5.74, 6) is 1.34. The zero-order valence-corrected chi connectivity index (χ0v) is 16.7. The summed E-state index contributed by atoms with van der Waals surface area (Å²) in [6, 6.07) is 11.3. The van der Waals surface area contributed by atoms with E-state index in [0.29, 0.717) is 17.2 Å². The standard InChI is InChI=1S/C22H24N2O5/c1-14(2)17-7-4-15(3)10-19(17)27-12-22(26)24-23-21(25)9-6-16-5-8-18-20(11-16)29-13-28-18/h4-11,14H,12-13H2,1-3H3,(H,23,25)(H,24,26)/b9-6+. The van der Waals surface area contributed by atoms with Gasteiger partial charge in [-0.25, -0.2) is 0 Å². The van der Waals surface area contributed by atoms with Crippen LogP contribution in [-0.2, 0) is 9.59 Å². The normalized spacial score (nSPS) is 12.3. The van der Waals surface area contributed by atoms with E-state index in [2.05, 4.69) is 24.7 Å². The maximum atomic E-state index is 12.0. The van der Waals surface area contributed by atoms with Gasteiger partial charge in [0.05, 0.1) is 0 Å². The molecule has 2 amide bonds. The third-order valence-corrected chi connectivity index (χ3v) is 4.30. The highest BCUT2D eigenvalue weighted by Crippen LogP contribution is 2.32. The Morgan fingerprint density at radius 1 is 1.10 bits per heavy atom. The third-order valence-electron chi connectivity index (χ3n) is 4.30. The number of rotatable bonds is 6. The van der Waals surface area contributed by atoms with E-state index in [-0.39, 0.29) is 19.3 Å². The number of fused-ring (bicyclic) bond motifs is 1. The number of carbonyl (C=O) groups excluding carboxylic acids is 2. The number of amides is 2. The van der Waals surface area contributed by atoms with Crippen LogP contribution in [0.15, 0.2) is 42.5 Å². The van der Waals surface area contributed by atoms with Crippen molar-refractivity contribution in [2.24, 2.45) is 0 Å². The molecule has 1 aliphatic heterocycles. The number of benzene rings is 2. The van der Waals surface area contributed by atoms with Crippen LogP contribution in [0.3, 0.4) is 0 Å². The molecule has 2 aromatic carbocycles. The quantitative estimate of drug-likeness (QED) is 0.579. The smallest absolute Gasteiger partial charge is 0.276 e. The van der Waals surface area contributed by atoms with Gasteiger partial charge >= 0.3 is 0 Å². The Morgan fingerprint density at radius 2 is 1.90 bits per heavy atom. The number of aryl methyl sites for hydroxylation is 1. The minimum absolute atomic E-state index is 0.193. The molecule has 0 fully saturated rings. The van der Waals surface area contributed by atoms with Gasteiger partial charge in [0.15, 0.2) is 18.1 Å². The van der Waals surface area contributed by atoms with E-state index in [1.165, 1.54) is 6.08 Å². The van der Waals surface area contributed by atoms with E-state index in [1.54, 1.807) is 24.3 Å². The molecule has 0 spiro atoms. The Balaban J connectivity index is 1.47. The van der Waals surface area contributed by atoms with Gasteiger partial charge in [-0.15, -0.1) is 0 Å². The number of hydrogen-bond donors (Lipinski definition) is 2. The van der Waals surface area contributed by atoms with Crippen molar-refractivity contribution in [1.29, 1.82) is 0 Å². The van der Waals surface area contributed by atoms with Crippen LogP contribution in [-0.4, -0.2) is 25.2 Å². The monoisotopic (exact) mass is 396 g/mol. The van der Waals surface area contributed by atoms with Gasteiger partial charge in [0.25, 0.3) is 11.8 Å². The van der Waals surface area contributed by atoms with Crippen molar-refractivity contribution in [1.82, 2.24) is 10.9 Å². The van der Waals surface area contributed by atoms with E-state index in [9.17, 15) is 9.59 Å². The van der Waals surface area contributed by atoms with Gasteiger partial charge in [-0.3, -0.25) is 20.4 Å². The molecule has 1 aliphatic rings. The first-order valence-corrected chi connectivity index (χ1v) is 9.32. The van der Waals surface area contributed by atoms with Crippen LogP contribution in [0.4, 0.5) is 0 Å². The predicted octanol–water partition coefficient (Wildman–Crippen LogP) is 3.09. The first-order valence-electron chi connectivity index (χ1n) is 9.32. The third kappa shape index (κ3) is 5.51. The van der Waals surface area contributed by atoms with Crippen LogP contribution in [0.25, 0.3) is 6.08 Å². The molecule has 3 rings (SSSR count). The molecule has 0 atom stereocenters. The van der Waals surface area contributed by atoms with E-state index >= 15 is 0 Å². The highest BCUT2D eigenvalue weighted by Gasteiger charge is 2.13. The first-order chi connectivity index (χ1) is 13.9. The van der Waals surface area contributed by atoms with Gasteiger partial charge in [-0.05, 0) is 53.8 Å². The lowest BCUT2D eigenvalue weighted by atomic mass is 10.0. The molecular formula is C22H24N2O5. The molecule has 0 radical (unpaired) electrons. The molecule has 2 aromatic rings. The highest BCUT2D eigenvalue weighted by atomic mass is 16.7. The zero-order chi connectivity index (χ0) is 20.8. The van der Waals surface area contributed by atoms with Crippen molar-refractivity contribution in [3.8, 4) is 17.2 Å². The van der Waals surface area contributed by atoms with E-state index in [1.807, 2.05) is 25.1 Å². The number of ether oxygens (including phenoxy) is 3. The summed E-state index contributed by atoms with van der Waals surface area (Å²) in [6.45, 7) is 6.08. The fraction of sp³-hybridized carbons (Fsp3) is 0.273. The summed E-state index contributed by atoms with van der Waals surface area (Å²) in [5.41, 5.74) is 7.52. The molecule has 7 heteroatoms. The molecule has 0 bridgehead atoms. The van der Waals surface area contributed by atoms with Crippen LogP contribution in [0, 0.1) is 6.92 Å². The van der Waals surface area contributed by atoms with Crippen molar-refractivity contribution in [3.63, 3.8) is 0 Å². The molecule has 0 saturated carbocycles. The molecule has 7 nitrogen and oxygen atoms in total. The van der Waals surface area contributed by atoms with Gasteiger partial charge < -0.3 is 14.2 Å². The molecule has 0 aliphatic carbocycles. The van der Waals surface area contributed by atoms with E-state index < -0.39 is 11.8 Å². The van der Waals surface area contributed by atoms with Crippen LogP contribution in [0.5, 0.6) is 17.2 Å². The summed E-state index contributed by atoms with van der Waals surface area (Å²) in [6.07, 6.45) is 2.93. The average molecular weight is 396 g/mol. The van der Waals surface area contributed by atoms with E-state index in [0.717, 1.165) is 16.7 Å². The molecule has 0 saturated heterocycles. The topological polar surface area (TPSA) is 85.9 Å². The second kappa shape index (κ2) is 9.14. The van der Waals surface area contributed by atoms with Crippen LogP contribution in [0.1, 0.15) is 36.5 Å². The number of hydrogen-bond acceptors (Lipinski definition) is 5. The zero-order valence-electron chi connectivity index (χ0n) is 16.7. The maximum absolute atomic E-state index is 12.0. The molecule has 1 heterocycles. The van der Waals surface area contributed by atoms with Crippen molar-refractivity contribution >= 4 is 17.9 Å². The van der Waals surface area contributed by atoms with Gasteiger partial charge in [-0.1, -0.05) is 32.0 Å². The van der Waals surface area contributed by atoms with Gasteiger partial charge in [-0.2, -0.15) is 0 Å². The second-order valence-electron chi connectivity index (χ2n) is 6.97. The van der Waals surface area contributed by atoms with Crippen molar-refractivity contribution in [3.05, 3.63) is 59.2 Å². The summed E-state index contributed by atoms with van der Waals surface area (Å²) in [7, 11) is 0. The number of carbonyl (C=O) groups is 2. The van der Waals surface area contributed by atoms with Crippen molar-refractivity contribution in [2.75, 3.05) is 13.4 Å². The largest absolute Gasteiger partial charge is 0.483 e. The van der Waals surface area contributed by atoms with Crippen molar-refractivity contribution < 1.29 is 23.8 Å². The minimum Gasteiger partial charge on any atom is -0.483 e. The number of hydrazine groups is 1. The molecule has 0 aromatic heterocycles. The molecular weight excluding hydrogens is 372 g/mol. The Kier molecular flexibility index (Phi) is 6.39. The molecule has 152 valence electrons. The predicted molar refractivity (Wildman–Crippen MR) is 109 cm³/mol. The summed E-state index contributed by atoms with van der Waals surface area (Å²) >= 11 is 0. The van der Waals surface area contributed by atoms with E-state index in [4.69, 9.17) is 14.2 Å². The Morgan fingerprint density at radius 3 is 2.69 bits per heavy atom. The Labute approximate surface area is 169 Å². The lowest BCUT2D eigenvalue weighted by Gasteiger charge is -2.14. The maximum Gasteiger partial charge on any atom is 0.276 e. The second-order valence-corrected chi connectivity index (χ2v) is 6.97. The summed E-state index contributed by atoms with van der Waals surface area (Å²) < 4.78 is 16.2. The lowest BCUT2D eigenvalue weighted by molar-refractivity contribution is -0.128. The van der Waals surface area contributed by atoms with Crippen LogP contribution in [0.2, 0.25) is 0 Å². The Bertz CT molecular complexity index is 937. The van der Waals surface area contributed by atoms with Crippen LogP contribution >= 0.6 is 0 Å². The fourth-order valence-corrected chi connectivity index (χ4v) is 2.78. The first kappa shape index (κ1) is 20.3. The van der Waals surface area contributed by atoms with Gasteiger partial charge in [0.2, 0.25) is 6.79 Å². The SMILES string of the molecule is Cc1ccc(C(C)C)c(OCC(=O)NNC(=O)/C=C/c2ccc3c(c2)OCO3)c1. The van der Waals surface area contributed by atoms with Gasteiger partial charge in [0, 0.05) is 6.08 Å². The van der Waals surface area contributed by atoms with Crippen LogP contribution < -0.4 is 25.1 Å². The molecule has 0 unspecified atom stereocenters. The van der Waals surface area contributed by atoms with Gasteiger partial charge in [0.1, 0.15) is 5.75 Å². The summed E-state index contributed by atoms with van der Waals surface area (Å²) in [4.78, 5) is 23.9. The minimum atomic E-state index is -0.463. The lowest BCUT2D eigenvalue weighted by Crippen LogP contribution is -2.43. The average Bonchev–Trinajstić information content (AvgIpc) is 3.16. The number of nitrogens with one attached hydrogen (secondary N) is 2. The molecule has 29 heavy (non-hydrogen) atoms. The Hall–Kier alpha value is -3.48. The van der Waals surface area contributed by atoms with Crippen molar-refractivity contribution in [2.45, 2.75) is 26.7 Å². The fourth-order valence-electron chi connectivity index (χ4n) is 2.78. The summed E-state index contributed by atoms with van der Waals surface area (Å²) in [5, 5.41) is 0. The molecule has 2 N–H and O–H groups in total. The highest BCUT2D eigenvalue weighted by molar-refractivity contribution is 5.93.